The quantitative estimate of drug-likeness (QED) is 0.128. The predicted octanol–water partition coefficient (Wildman–Crippen LogP) is 29.8. The van der Waals surface area contributed by atoms with Gasteiger partial charge in [-0.05, 0) is 244 Å². The fourth-order valence-electron chi connectivity index (χ4n) is 22.6. The molecule has 16 aromatic rings. The molecule has 1 fully saturated rings. The van der Waals surface area contributed by atoms with Crippen LogP contribution in [0, 0.1) is 39.0 Å². The third-order valence-corrected chi connectivity index (χ3v) is 29.7. The van der Waals surface area contributed by atoms with Gasteiger partial charge >= 0.3 is 0 Å². The van der Waals surface area contributed by atoms with Crippen LogP contribution in [-0.2, 0) is 44.4 Å². The zero-order valence-corrected chi connectivity index (χ0v) is 79.7. The Bertz CT molecular complexity index is 7330. The minimum atomic E-state index is -2.15. The summed E-state index contributed by atoms with van der Waals surface area (Å²) >= 11 is 0. The lowest BCUT2D eigenvalue weighted by Crippen LogP contribution is -2.38. The van der Waals surface area contributed by atoms with E-state index < -0.39 is 29.9 Å². The average molecular weight is 1710 g/mol. The van der Waals surface area contributed by atoms with Crippen molar-refractivity contribution in [1.29, 1.82) is 0 Å². The van der Waals surface area contributed by atoms with E-state index in [2.05, 4.69) is 457 Å². The van der Waals surface area contributed by atoms with E-state index in [1.807, 2.05) is 33.8 Å². The molecule has 4 heterocycles. The second-order valence-electron chi connectivity index (χ2n) is 39.7. The van der Waals surface area contributed by atoms with E-state index in [1.165, 1.54) is 158 Å². The van der Waals surface area contributed by atoms with E-state index in [0.717, 1.165) is 68.5 Å². The molecule has 130 heavy (non-hydrogen) atoms. The first-order chi connectivity index (χ1) is 64.7. The summed E-state index contributed by atoms with van der Waals surface area (Å²) in [6, 6.07) is 113. The first-order valence-corrected chi connectivity index (χ1v) is 47.0. The number of aryl methyl sites for hydroxylation is 8. The number of hydrogen-bond acceptors (Lipinski definition) is 0. The molecule has 0 N–H and O–H groups in total. The van der Waals surface area contributed by atoms with Crippen molar-refractivity contribution in [3.05, 3.63) is 452 Å². The van der Waals surface area contributed by atoms with Gasteiger partial charge in [-0.1, -0.05) is 326 Å². The lowest BCUT2D eigenvalue weighted by Gasteiger charge is -2.46. The van der Waals surface area contributed by atoms with Gasteiger partial charge in [-0.15, -0.1) is 0 Å². The van der Waals surface area contributed by atoms with Gasteiger partial charge in [0.25, 0.3) is 0 Å². The molecule has 650 valence electrons. The molecule has 0 aliphatic heterocycles. The molecular weight excluding hydrogens is 1570 g/mol. The zero-order valence-electron chi connectivity index (χ0n) is 85.7. The molecule has 6 unspecified atom stereocenters. The lowest BCUT2D eigenvalue weighted by atomic mass is 9.57. The Morgan fingerprint density at radius 2 is 0.608 bits per heavy atom. The number of aromatic nitrogens is 4. The maximum absolute atomic E-state index is 9.35. The van der Waals surface area contributed by atoms with Crippen molar-refractivity contribution in [2.24, 2.45) is 39.5 Å². The van der Waals surface area contributed by atoms with E-state index in [0.29, 0.717) is 11.8 Å². The molecular formula is C126H130N4+4. The Morgan fingerprint density at radius 1 is 0.300 bits per heavy atom. The first kappa shape index (κ1) is 80.5. The van der Waals surface area contributed by atoms with Crippen LogP contribution in [0.2, 0.25) is 0 Å². The van der Waals surface area contributed by atoms with Gasteiger partial charge in [0.15, 0.2) is 24.8 Å². The molecule has 1 spiro atoms. The molecule has 4 aromatic heterocycles. The Labute approximate surface area is 784 Å². The Balaban J connectivity index is 0.000000121. The summed E-state index contributed by atoms with van der Waals surface area (Å²) in [7, 11) is 8.40. The molecule has 4 nitrogen and oxygen atoms in total. The van der Waals surface area contributed by atoms with Crippen molar-refractivity contribution in [1.82, 2.24) is 0 Å². The summed E-state index contributed by atoms with van der Waals surface area (Å²) in [6.07, 6.45) is 13.0. The fraction of sp³-hybridized carbons (Fsp3) is 0.270. The molecule has 5 aliphatic rings. The monoisotopic (exact) mass is 1710 g/mol. The van der Waals surface area contributed by atoms with Crippen LogP contribution >= 0.6 is 0 Å². The van der Waals surface area contributed by atoms with E-state index in [-0.39, 0.29) is 22.2 Å². The van der Waals surface area contributed by atoms with Crippen LogP contribution in [0.4, 0.5) is 0 Å². The molecule has 6 atom stereocenters. The topological polar surface area (TPSA) is 15.5 Å². The number of benzene rings is 12. The highest BCUT2D eigenvalue weighted by molar-refractivity contribution is 5.78. The smallest absolute Gasteiger partial charge is 0.201 e. The van der Waals surface area contributed by atoms with Gasteiger partial charge in [-0.2, -0.15) is 0 Å². The highest BCUT2D eigenvalue weighted by Gasteiger charge is 2.49. The SMILES string of the molecule is [2H]C([2H])([2H])C1(C)c2ccccc2C2(CCCC2)c2cc(-c3cc[n+](C)c(-c4ccccc4C)c3)ccc21.[2H]C1(C)c2ccccc2C(C(C)(C)C)c2cc(-c3cc[n+](C)c(-c4ccccc4C)c3)ccc21.[2H]C1(C)c2ccccc2C(C(C)C)c2cc(-c3cc[n+](C)c(-c4ccccc4C)c3)ccc21.[2H]C1(C)c2ccccc2C(C)(C)c2cc(-c3cc[n+](C)c(-c4ccccc4C)c3)ccc21. The zero-order chi connectivity index (χ0) is 96.3. The van der Waals surface area contributed by atoms with E-state index in [9.17, 15) is 4.11 Å². The van der Waals surface area contributed by atoms with Crippen molar-refractivity contribution < 1.29 is 26.5 Å². The normalized spacial score (nSPS) is 20.3. The van der Waals surface area contributed by atoms with Crippen LogP contribution in [0.25, 0.3) is 89.5 Å². The molecule has 4 heteroatoms. The number of hydrogen-bond donors (Lipinski definition) is 0. The summed E-state index contributed by atoms with van der Waals surface area (Å²) in [5.74, 6) is -1.27. The van der Waals surface area contributed by atoms with Crippen molar-refractivity contribution in [2.45, 2.75) is 182 Å². The molecule has 0 saturated heterocycles. The van der Waals surface area contributed by atoms with Crippen LogP contribution in [0.3, 0.4) is 0 Å². The Hall–Kier alpha value is -12.8. The van der Waals surface area contributed by atoms with Gasteiger partial charge in [-0.25, -0.2) is 18.3 Å². The third kappa shape index (κ3) is 16.0. The maximum Gasteiger partial charge on any atom is 0.213 e. The summed E-state index contributed by atoms with van der Waals surface area (Å²) < 4.78 is 62.6. The Morgan fingerprint density at radius 3 is 1.04 bits per heavy atom. The van der Waals surface area contributed by atoms with Gasteiger partial charge in [0.05, 0.1) is 0 Å². The average Bonchev–Trinajstić information content (AvgIpc) is 1.22. The van der Waals surface area contributed by atoms with Crippen LogP contribution in [0.15, 0.2) is 340 Å². The number of fused-ring (bicyclic) bond motifs is 10. The van der Waals surface area contributed by atoms with E-state index >= 15 is 0 Å². The van der Waals surface area contributed by atoms with Gasteiger partial charge in [-0.3, -0.25) is 0 Å². The van der Waals surface area contributed by atoms with Crippen molar-refractivity contribution in [3.63, 3.8) is 0 Å². The van der Waals surface area contributed by atoms with Crippen molar-refractivity contribution in [3.8, 4) is 89.5 Å². The van der Waals surface area contributed by atoms with Crippen LogP contribution in [0.1, 0.15) is 258 Å². The van der Waals surface area contributed by atoms with Gasteiger partial charge < -0.3 is 0 Å². The molecule has 21 rings (SSSR count). The summed E-state index contributed by atoms with van der Waals surface area (Å²) in [6.45, 7) is 30.6. The minimum Gasteiger partial charge on any atom is -0.201 e. The van der Waals surface area contributed by atoms with Crippen LogP contribution in [0.5, 0.6) is 0 Å². The lowest BCUT2D eigenvalue weighted by molar-refractivity contribution is -0.660. The predicted molar refractivity (Wildman–Crippen MR) is 543 cm³/mol. The van der Waals surface area contributed by atoms with Crippen molar-refractivity contribution in [2.75, 3.05) is 0 Å². The number of pyridine rings is 4. The molecule has 0 amide bonds. The van der Waals surface area contributed by atoms with Gasteiger partial charge in [0.2, 0.25) is 22.8 Å². The standard InChI is InChI=1S/C33H34N.C32H34N.C31H32N.C30H30N/c1-23-11-5-6-12-26(23)31-22-25(17-20-34(31)4)24-15-16-28-30(21-24)33(18-9-10-19-33)29-14-8-7-13-27(29)32(28,2)3;1-21-11-7-8-12-25(21)30-20-24(17-18-33(30)6)23-15-16-27-22(2)26-13-9-10-14-28(26)31(29(27)19-23)32(3,4)5;1-20(2)31-28-13-9-8-12-26(28)22(4)27-15-14-23(18-29(27)31)24-16-17-32(5)30(19-24)25-11-7-6-10-21(25)3;1-20-10-6-7-11-24(20)29-19-23(16-17-31(29)5)22-14-15-26-21(2)25-12-8-9-13-27(25)30(3,4)28(26)18-22/h5-8,11-17,20-22H,9-10,18-19H2,1-4H3;7-20,22,31H,1-6H3;6-20,22,31H,1-5H3;6-19,21H,1-5H3/q4*+1/i2D3;2*22D;21D. The van der Waals surface area contributed by atoms with Crippen molar-refractivity contribution >= 4 is 0 Å². The maximum atomic E-state index is 9.35. The highest BCUT2D eigenvalue weighted by atomic mass is 14.9. The third-order valence-electron chi connectivity index (χ3n) is 29.7. The Kier molecular flexibility index (Phi) is 21.8. The summed E-state index contributed by atoms with van der Waals surface area (Å²) in [4.78, 5) is 0. The van der Waals surface area contributed by atoms with E-state index in [1.54, 1.807) is 0 Å². The minimum absolute atomic E-state index is 0.0371. The molecule has 5 aliphatic carbocycles. The number of nitrogens with zero attached hydrogens (tertiary/aromatic N) is 4. The van der Waals surface area contributed by atoms with E-state index in [4.69, 9.17) is 4.11 Å². The summed E-state index contributed by atoms with van der Waals surface area (Å²) in [5, 5.41) is 0. The molecule has 1 saturated carbocycles. The largest absolute Gasteiger partial charge is 0.213 e. The summed E-state index contributed by atoms with van der Waals surface area (Å²) in [5.41, 5.74) is 41.9. The molecule has 0 bridgehead atoms. The number of rotatable bonds is 9. The highest BCUT2D eigenvalue weighted by Crippen LogP contribution is 2.58. The van der Waals surface area contributed by atoms with Crippen LogP contribution < -0.4 is 18.3 Å². The molecule has 12 aromatic carbocycles. The van der Waals surface area contributed by atoms with Gasteiger partial charge in [0.1, 0.15) is 28.2 Å². The van der Waals surface area contributed by atoms with Gasteiger partial charge in [0, 0.05) is 125 Å². The second kappa shape index (κ2) is 35.3. The molecule has 0 radical (unpaired) electrons. The second-order valence-corrected chi connectivity index (χ2v) is 39.7. The first-order valence-electron chi connectivity index (χ1n) is 50.0. The van der Waals surface area contributed by atoms with Crippen LogP contribution in [-0.4, -0.2) is 0 Å². The fourth-order valence-corrected chi connectivity index (χ4v) is 22.6.